The molecule has 1 rings (SSSR count). The molecule has 0 aromatic rings. The molecule has 0 amide bonds. The lowest BCUT2D eigenvalue weighted by Crippen LogP contribution is -2.27. The lowest BCUT2D eigenvalue weighted by atomic mass is 10.2. The maximum atomic E-state index is 9.10. The standard InChI is InChI=1S/C6H12NO/c1-7-5-3-2-4-6(5)8/h5-6,8H,2-4H2,1H3. The molecule has 8 heavy (non-hydrogen) atoms. The molecule has 47 valence electrons. The van der Waals surface area contributed by atoms with Gasteiger partial charge in [0.15, 0.2) is 0 Å². The minimum absolute atomic E-state index is 0.139. The number of nitrogens with zero attached hydrogens (tertiary/aromatic N) is 1. The van der Waals surface area contributed by atoms with Gasteiger partial charge in [0.2, 0.25) is 0 Å². The van der Waals surface area contributed by atoms with E-state index in [1.165, 1.54) is 0 Å². The second kappa shape index (κ2) is 2.46. The highest BCUT2D eigenvalue weighted by Crippen LogP contribution is 2.18. The predicted molar refractivity (Wildman–Crippen MR) is 31.7 cm³/mol. The van der Waals surface area contributed by atoms with Gasteiger partial charge in [0.25, 0.3) is 0 Å². The zero-order valence-corrected chi connectivity index (χ0v) is 5.17. The third-order valence-electron chi connectivity index (χ3n) is 1.78. The highest BCUT2D eigenvalue weighted by molar-refractivity contribution is 4.80. The van der Waals surface area contributed by atoms with Crippen LogP contribution in [0.2, 0.25) is 0 Å². The van der Waals surface area contributed by atoms with Gasteiger partial charge < -0.3 is 5.11 Å². The summed E-state index contributed by atoms with van der Waals surface area (Å²) < 4.78 is 0. The Kier molecular flexibility index (Phi) is 1.86. The summed E-state index contributed by atoms with van der Waals surface area (Å²) in [5, 5.41) is 13.1. The largest absolute Gasteiger partial charge is 0.391 e. The van der Waals surface area contributed by atoms with Crippen molar-refractivity contribution in [3.8, 4) is 0 Å². The molecule has 1 N–H and O–H groups in total. The molecule has 0 bridgehead atoms. The van der Waals surface area contributed by atoms with E-state index in [1.807, 2.05) is 0 Å². The molecule has 1 aliphatic rings. The lowest BCUT2D eigenvalue weighted by molar-refractivity contribution is 0.152. The minimum Gasteiger partial charge on any atom is -0.391 e. The number of aliphatic hydroxyl groups excluding tert-OH is 1. The molecule has 1 radical (unpaired) electrons. The van der Waals surface area contributed by atoms with Crippen LogP contribution in [-0.2, 0) is 0 Å². The highest BCUT2D eigenvalue weighted by atomic mass is 16.3. The average molecular weight is 114 g/mol. The summed E-state index contributed by atoms with van der Waals surface area (Å²) in [6.07, 6.45) is 3.03. The van der Waals surface area contributed by atoms with E-state index in [2.05, 4.69) is 5.32 Å². The van der Waals surface area contributed by atoms with Gasteiger partial charge >= 0.3 is 0 Å². The van der Waals surface area contributed by atoms with Gasteiger partial charge in [0, 0.05) is 7.05 Å². The molecule has 0 spiro atoms. The molecule has 2 unspecified atom stereocenters. The van der Waals surface area contributed by atoms with Crippen molar-refractivity contribution in [1.82, 2.24) is 5.32 Å². The molecule has 0 aromatic carbocycles. The van der Waals surface area contributed by atoms with E-state index in [4.69, 9.17) is 5.11 Å². The van der Waals surface area contributed by atoms with Gasteiger partial charge in [-0.15, -0.1) is 0 Å². The molecule has 2 atom stereocenters. The maximum Gasteiger partial charge on any atom is 0.0709 e. The summed E-state index contributed by atoms with van der Waals surface area (Å²) in [6, 6.07) is 0.245. The fourth-order valence-corrected chi connectivity index (χ4v) is 1.22. The molecule has 0 heterocycles. The van der Waals surface area contributed by atoms with Crippen LogP contribution in [0.25, 0.3) is 0 Å². The van der Waals surface area contributed by atoms with Gasteiger partial charge in [0.05, 0.1) is 12.1 Å². The first-order chi connectivity index (χ1) is 3.84. The summed E-state index contributed by atoms with van der Waals surface area (Å²) in [4.78, 5) is 0. The fraction of sp³-hybridized carbons (Fsp3) is 1.00. The molecule has 0 aliphatic heterocycles. The molecule has 2 heteroatoms. The zero-order chi connectivity index (χ0) is 5.98. The van der Waals surface area contributed by atoms with Gasteiger partial charge in [-0.25, -0.2) is 5.32 Å². The predicted octanol–water partition coefficient (Wildman–Crippen LogP) is 0.134. The van der Waals surface area contributed by atoms with Gasteiger partial charge in [-0.2, -0.15) is 0 Å². The van der Waals surface area contributed by atoms with E-state index in [9.17, 15) is 0 Å². The van der Waals surface area contributed by atoms with E-state index >= 15 is 0 Å². The highest BCUT2D eigenvalue weighted by Gasteiger charge is 2.23. The summed E-state index contributed by atoms with van der Waals surface area (Å²) in [5.41, 5.74) is 0. The Hall–Kier alpha value is -0.0800. The normalized spacial score (nSPS) is 38.2. The van der Waals surface area contributed by atoms with Crippen molar-refractivity contribution in [3.05, 3.63) is 0 Å². The second-order valence-corrected chi connectivity index (χ2v) is 2.32. The van der Waals surface area contributed by atoms with Crippen LogP contribution in [0.4, 0.5) is 0 Å². The molecule has 0 saturated heterocycles. The molecule has 1 aliphatic carbocycles. The average Bonchev–Trinajstić information content (AvgIpc) is 2.14. The Labute approximate surface area is 49.9 Å². The Morgan fingerprint density at radius 3 is 2.50 bits per heavy atom. The maximum absolute atomic E-state index is 9.10. The first kappa shape index (κ1) is 6.05. The molecule has 1 saturated carbocycles. The van der Waals surface area contributed by atoms with Crippen molar-refractivity contribution in [2.45, 2.75) is 31.4 Å². The molecule has 0 aromatic heterocycles. The van der Waals surface area contributed by atoms with E-state index in [-0.39, 0.29) is 12.1 Å². The van der Waals surface area contributed by atoms with Crippen molar-refractivity contribution < 1.29 is 5.11 Å². The molecule has 2 nitrogen and oxygen atoms in total. The second-order valence-electron chi connectivity index (χ2n) is 2.32. The zero-order valence-electron chi connectivity index (χ0n) is 5.17. The Morgan fingerprint density at radius 1 is 1.50 bits per heavy atom. The van der Waals surface area contributed by atoms with Crippen molar-refractivity contribution in [2.75, 3.05) is 7.05 Å². The van der Waals surface area contributed by atoms with Gasteiger partial charge in [-0.1, -0.05) is 0 Å². The fourth-order valence-electron chi connectivity index (χ4n) is 1.22. The van der Waals surface area contributed by atoms with E-state index in [0.717, 1.165) is 19.3 Å². The SMILES string of the molecule is C[N]C1CCCC1O. The van der Waals surface area contributed by atoms with Gasteiger partial charge in [-0.3, -0.25) is 0 Å². The van der Waals surface area contributed by atoms with E-state index in [0.29, 0.717) is 0 Å². The van der Waals surface area contributed by atoms with Crippen LogP contribution in [0.3, 0.4) is 0 Å². The molecular formula is C6H12NO. The van der Waals surface area contributed by atoms with Crippen molar-refractivity contribution >= 4 is 0 Å². The Morgan fingerprint density at radius 2 is 2.25 bits per heavy atom. The van der Waals surface area contributed by atoms with Crippen LogP contribution in [0.1, 0.15) is 19.3 Å². The quantitative estimate of drug-likeness (QED) is 0.516. The molecule has 1 fully saturated rings. The summed E-state index contributed by atoms with van der Waals surface area (Å²) in [6.45, 7) is 0. The third kappa shape index (κ3) is 1.01. The number of hydrogen-bond acceptors (Lipinski definition) is 1. The van der Waals surface area contributed by atoms with Gasteiger partial charge in [0.1, 0.15) is 0 Å². The first-order valence-electron chi connectivity index (χ1n) is 3.11. The minimum atomic E-state index is -0.139. The van der Waals surface area contributed by atoms with E-state index in [1.54, 1.807) is 7.05 Å². The van der Waals surface area contributed by atoms with Crippen molar-refractivity contribution in [1.29, 1.82) is 0 Å². The van der Waals surface area contributed by atoms with Crippen LogP contribution < -0.4 is 5.32 Å². The van der Waals surface area contributed by atoms with Gasteiger partial charge in [-0.05, 0) is 19.3 Å². The lowest BCUT2D eigenvalue weighted by Gasteiger charge is -2.09. The van der Waals surface area contributed by atoms with E-state index < -0.39 is 0 Å². The van der Waals surface area contributed by atoms with Crippen LogP contribution in [-0.4, -0.2) is 24.3 Å². The van der Waals surface area contributed by atoms with Crippen molar-refractivity contribution in [3.63, 3.8) is 0 Å². The first-order valence-corrected chi connectivity index (χ1v) is 3.11. The van der Waals surface area contributed by atoms with Crippen LogP contribution in [0.15, 0.2) is 0 Å². The summed E-state index contributed by atoms with van der Waals surface area (Å²) >= 11 is 0. The smallest absolute Gasteiger partial charge is 0.0709 e. The number of hydrogen-bond donors (Lipinski definition) is 1. The third-order valence-corrected chi connectivity index (χ3v) is 1.78. The Bertz CT molecular complexity index is 74.9. The monoisotopic (exact) mass is 114 g/mol. The molecular weight excluding hydrogens is 102 g/mol. The Balaban J connectivity index is 2.30. The summed E-state index contributed by atoms with van der Waals surface area (Å²) in [7, 11) is 1.78. The van der Waals surface area contributed by atoms with Crippen molar-refractivity contribution in [2.24, 2.45) is 0 Å². The number of aliphatic hydroxyl groups is 1. The van der Waals surface area contributed by atoms with Crippen LogP contribution in [0, 0.1) is 0 Å². The number of rotatable bonds is 1. The number of likely N-dealkylation sites (N-methyl/N-ethyl adjacent to an activating group) is 1. The van der Waals surface area contributed by atoms with Crippen LogP contribution in [0.5, 0.6) is 0 Å². The topological polar surface area (TPSA) is 34.3 Å². The summed E-state index contributed by atoms with van der Waals surface area (Å²) in [5.74, 6) is 0. The van der Waals surface area contributed by atoms with Crippen LogP contribution >= 0.6 is 0 Å².